The molecule has 0 bridgehead atoms. The van der Waals surface area contributed by atoms with Gasteiger partial charge in [-0.1, -0.05) is 30.3 Å². The van der Waals surface area contributed by atoms with Gasteiger partial charge in [0.15, 0.2) is 0 Å². The van der Waals surface area contributed by atoms with Gasteiger partial charge in [-0.25, -0.2) is 4.98 Å². The molecular weight excluding hydrogens is 416 g/mol. The van der Waals surface area contributed by atoms with Gasteiger partial charge in [0.2, 0.25) is 0 Å². The summed E-state index contributed by atoms with van der Waals surface area (Å²) < 4.78 is 6.55. The number of rotatable bonds is 7. The van der Waals surface area contributed by atoms with E-state index in [-0.39, 0.29) is 6.04 Å². The Morgan fingerprint density at radius 3 is 2.57 bits per heavy atom. The second kappa shape index (κ2) is 9.28. The first-order valence-electron chi connectivity index (χ1n) is 9.49. The average molecular weight is 439 g/mol. The molecule has 6 heteroatoms. The maximum Gasteiger partial charge on any atom is 0.142 e. The van der Waals surface area contributed by atoms with Crippen LogP contribution in [0.3, 0.4) is 0 Å². The summed E-state index contributed by atoms with van der Waals surface area (Å²) in [5.41, 5.74) is 4.56. The maximum atomic E-state index is 5.71. The van der Waals surface area contributed by atoms with E-state index in [9.17, 15) is 0 Å². The first-order chi connectivity index (χ1) is 13.8. The van der Waals surface area contributed by atoms with Crippen molar-refractivity contribution in [3.05, 3.63) is 87.9 Å². The molecular formula is C22H23BrN4O. The number of fused-ring (bicyclic) bond motifs is 1. The lowest BCUT2D eigenvalue weighted by Gasteiger charge is -2.26. The fourth-order valence-electron chi connectivity index (χ4n) is 3.28. The van der Waals surface area contributed by atoms with E-state index in [1.165, 1.54) is 11.1 Å². The highest BCUT2D eigenvalue weighted by Crippen LogP contribution is 2.31. The molecule has 0 fully saturated rings. The smallest absolute Gasteiger partial charge is 0.142 e. The molecule has 2 aromatic heterocycles. The highest BCUT2D eigenvalue weighted by atomic mass is 79.9. The molecule has 3 aromatic rings. The van der Waals surface area contributed by atoms with Crippen molar-refractivity contribution in [1.29, 1.82) is 0 Å². The molecule has 4 rings (SSSR count). The minimum absolute atomic E-state index is 0.209. The van der Waals surface area contributed by atoms with Crippen LogP contribution in [0.1, 0.15) is 35.0 Å². The van der Waals surface area contributed by atoms with E-state index in [0.717, 1.165) is 54.4 Å². The zero-order valence-electron chi connectivity index (χ0n) is 15.6. The van der Waals surface area contributed by atoms with Crippen LogP contribution in [0.4, 0.5) is 0 Å². The summed E-state index contributed by atoms with van der Waals surface area (Å²) in [5.74, 6) is 0.876. The minimum atomic E-state index is 0.209. The molecule has 0 amide bonds. The van der Waals surface area contributed by atoms with Crippen molar-refractivity contribution in [2.24, 2.45) is 0 Å². The van der Waals surface area contributed by atoms with E-state index in [1.807, 2.05) is 36.5 Å². The summed E-state index contributed by atoms with van der Waals surface area (Å²) in [6.07, 6.45) is 2.75. The van der Waals surface area contributed by atoms with Gasteiger partial charge in [0, 0.05) is 32.3 Å². The third kappa shape index (κ3) is 4.95. The number of nitrogens with zero attached hydrogens (tertiary/aromatic N) is 2. The molecule has 3 heterocycles. The molecule has 0 radical (unpaired) electrons. The molecule has 0 saturated carbocycles. The van der Waals surface area contributed by atoms with Gasteiger partial charge in [-0.3, -0.25) is 4.98 Å². The van der Waals surface area contributed by atoms with Gasteiger partial charge in [-0.2, -0.15) is 0 Å². The van der Waals surface area contributed by atoms with Crippen LogP contribution < -0.4 is 15.4 Å². The number of benzene rings is 1. The molecule has 1 aliphatic heterocycles. The maximum absolute atomic E-state index is 5.71. The Morgan fingerprint density at radius 1 is 0.964 bits per heavy atom. The van der Waals surface area contributed by atoms with Crippen molar-refractivity contribution >= 4 is 15.9 Å². The number of hydrogen-bond donors (Lipinski definition) is 2. The Bertz CT molecular complexity index is 902. The number of hydrogen-bond acceptors (Lipinski definition) is 5. The van der Waals surface area contributed by atoms with Crippen molar-refractivity contribution in [1.82, 2.24) is 20.6 Å². The Hall–Kier alpha value is -2.28. The van der Waals surface area contributed by atoms with Gasteiger partial charge in [0.1, 0.15) is 16.0 Å². The highest BCUT2D eigenvalue weighted by molar-refractivity contribution is 9.10. The summed E-state index contributed by atoms with van der Waals surface area (Å²) in [6, 6.07) is 18.8. The monoisotopic (exact) mass is 438 g/mol. The van der Waals surface area contributed by atoms with E-state index < -0.39 is 0 Å². The van der Waals surface area contributed by atoms with E-state index in [1.54, 1.807) is 0 Å². The number of ether oxygens (including phenoxy) is 1. The summed E-state index contributed by atoms with van der Waals surface area (Å²) in [6.45, 7) is 3.13. The van der Waals surface area contributed by atoms with Gasteiger partial charge in [-0.05, 0) is 51.3 Å². The second-order valence-electron chi connectivity index (χ2n) is 6.83. The first kappa shape index (κ1) is 19.1. The SMILES string of the molecule is Brc1ccc2c(n1)C(NCc1ccc(CNCc3ccccn3)cc1)CCO2. The van der Waals surface area contributed by atoms with Gasteiger partial charge in [-0.15, -0.1) is 0 Å². The van der Waals surface area contributed by atoms with Crippen LogP contribution in [0.15, 0.2) is 65.4 Å². The quantitative estimate of drug-likeness (QED) is 0.542. The lowest BCUT2D eigenvalue weighted by Crippen LogP contribution is -2.27. The Morgan fingerprint density at radius 2 is 1.79 bits per heavy atom. The molecule has 0 spiro atoms. The molecule has 1 unspecified atom stereocenters. The van der Waals surface area contributed by atoms with Crippen LogP contribution in [0.5, 0.6) is 5.75 Å². The largest absolute Gasteiger partial charge is 0.492 e. The third-order valence-corrected chi connectivity index (χ3v) is 5.22. The molecule has 1 aromatic carbocycles. The zero-order chi connectivity index (χ0) is 19.2. The standard InChI is InChI=1S/C22H23BrN4O/c23-21-9-8-20-22(27-21)19(10-12-28-20)26-14-17-6-4-16(5-7-17)13-24-15-18-3-1-2-11-25-18/h1-9,11,19,24,26H,10,12-15H2. The van der Waals surface area contributed by atoms with E-state index in [0.29, 0.717) is 0 Å². The van der Waals surface area contributed by atoms with Crippen molar-refractivity contribution in [2.75, 3.05) is 6.61 Å². The fourth-order valence-corrected chi connectivity index (χ4v) is 3.61. The number of halogens is 1. The first-order valence-corrected chi connectivity index (χ1v) is 10.3. The predicted molar refractivity (Wildman–Crippen MR) is 113 cm³/mol. The van der Waals surface area contributed by atoms with Crippen molar-refractivity contribution < 1.29 is 4.74 Å². The Kier molecular flexibility index (Phi) is 6.31. The number of nitrogens with one attached hydrogen (secondary N) is 2. The predicted octanol–water partition coefficient (Wildman–Crippen LogP) is 4.14. The Balaban J connectivity index is 1.29. The molecule has 5 nitrogen and oxygen atoms in total. The molecule has 0 aliphatic carbocycles. The van der Waals surface area contributed by atoms with Gasteiger partial charge >= 0.3 is 0 Å². The van der Waals surface area contributed by atoms with Crippen LogP contribution in [0.25, 0.3) is 0 Å². The zero-order valence-corrected chi connectivity index (χ0v) is 17.2. The summed E-state index contributed by atoms with van der Waals surface area (Å²) in [4.78, 5) is 8.92. The average Bonchev–Trinajstić information content (AvgIpc) is 2.74. The Labute approximate surface area is 173 Å². The number of pyridine rings is 2. The van der Waals surface area contributed by atoms with Crippen LogP contribution in [-0.4, -0.2) is 16.6 Å². The molecule has 144 valence electrons. The lowest BCUT2D eigenvalue weighted by atomic mass is 10.1. The van der Waals surface area contributed by atoms with Crippen molar-refractivity contribution in [2.45, 2.75) is 32.1 Å². The van der Waals surface area contributed by atoms with Gasteiger partial charge in [0.05, 0.1) is 18.3 Å². The topological polar surface area (TPSA) is 59.1 Å². The van der Waals surface area contributed by atoms with E-state index in [2.05, 4.69) is 60.8 Å². The summed E-state index contributed by atoms with van der Waals surface area (Å²) in [7, 11) is 0. The van der Waals surface area contributed by atoms with E-state index in [4.69, 9.17) is 4.74 Å². The minimum Gasteiger partial charge on any atom is -0.492 e. The van der Waals surface area contributed by atoms with Gasteiger partial charge in [0.25, 0.3) is 0 Å². The molecule has 1 atom stereocenters. The van der Waals surface area contributed by atoms with Crippen molar-refractivity contribution in [3.63, 3.8) is 0 Å². The van der Waals surface area contributed by atoms with Crippen LogP contribution >= 0.6 is 15.9 Å². The lowest BCUT2D eigenvalue weighted by molar-refractivity contribution is 0.247. The third-order valence-electron chi connectivity index (χ3n) is 4.78. The molecule has 1 aliphatic rings. The fraction of sp³-hybridized carbons (Fsp3) is 0.273. The highest BCUT2D eigenvalue weighted by Gasteiger charge is 2.22. The normalized spacial score (nSPS) is 15.7. The summed E-state index contributed by atoms with van der Waals surface area (Å²) >= 11 is 3.45. The molecule has 28 heavy (non-hydrogen) atoms. The molecule has 0 saturated heterocycles. The molecule has 2 N–H and O–H groups in total. The van der Waals surface area contributed by atoms with Crippen LogP contribution in [0.2, 0.25) is 0 Å². The summed E-state index contributed by atoms with van der Waals surface area (Å²) in [5, 5.41) is 7.05. The van der Waals surface area contributed by atoms with Crippen molar-refractivity contribution in [3.8, 4) is 5.75 Å². The second-order valence-corrected chi connectivity index (χ2v) is 7.64. The van der Waals surface area contributed by atoms with Gasteiger partial charge < -0.3 is 15.4 Å². The van der Waals surface area contributed by atoms with E-state index >= 15 is 0 Å². The number of aromatic nitrogens is 2. The van der Waals surface area contributed by atoms with Crippen LogP contribution in [0, 0.1) is 0 Å². The van der Waals surface area contributed by atoms with Crippen LogP contribution in [-0.2, 0) is 19.6 Å².